The molecule has 6 atom stereocenters. The molecule has 8 N–H and O–H groups in total. The highest BCUT2D eigenvalue weighted by Crippen LogP contribution is 2.24. The lowest BCUT2D eigenvalue weighted by Gasteiger charge is -2.25. The molecule has 20 nitrogen and oxygen atoms in total. The minimum absolute atomic E-state index is 0.0279. The second-order valence-electron chi connectivity index (χ2n) is 13.1. The van der Waals surface area contributed by atoms with Crippen LogP contribution in [-0.4, -0.2) is 77.8 Å². The molecule has 1 amide bonds. The van der Waals surface area contributed by atoms with Crippen LogP contribution in [0.1, 0.15) is 76.0 Å². The molecule has 0 radical (unpaired) electrons. The van der Waals surface area contributed by atoms with Gasteiger partial charge in [0.05, 0.1) is 14.8 Å². The summed E-state index contributed by atoms with van der Waals surface area (Å²) in [5.74, 6) is -4.78. The predicted octanol–water partition coefficient (Wildman–Crippen LogP) is 4.90. The van der Waals surface area contributed by atoms with Gasteiger partial charge in [-0.1, -0.05) is 57.2 Å². The number of hydrogen-bond donors (Lipinski definition) is 6. The third-order valence-corrected chi connectivity index (χ3v) is 7.98. The van der Waals surface area contributed by atoms with Gasteiger partial charge in [0, 0.05) is 54.2 Å². The molecule has 0 saturated carbocycles. The molecule has 0 saturated heterocycles. The number of nitrogens with two attached hydrogens (primary N) is 2. The number of nitro benzene ring substituents is 3. The average molecular weight is 773 g/mol. The summed E-state index contributed by atoms with van der Waals surface area (Å²) >= 11 is 0. The lowest BCUT2D eigenvalue weighted by molar-refractivity contribution is -0.385. The van der Waals surface area contributed by atoms with Crippen LogP contribution in [-0.2, 0) is 19.1 Å². The molecule has 0 bridgehead atoms. The molecule has 0 aromatic heterocycles. The Bertz CT molecular complexity index is 1730. The molecule has 0 spiro atoms. The fourth-order valence-electron chi connectivity index (χ4n) is 4.57. The van der Waals surface area contributed by atoms with Gasteiger partial charge in [-0.05, 0) is 37.5 Å². The van der Waals surface area contributed by atoms with E-state index < -0.39 is 80.3 Å². The first-order valence-electron chi connectivity index (χ1n) is 16.3. The first kappa shape index (κ1) is 46.5. The van der Waals surface area contributed by atoms with E-state index in [1.54, 1.807) is 41.5 Å². The highest BCUT2D eigenvalue weighted by Gasteiger charge is 2.30. The summed E-state index contributed by atoms with van der Waals surface area (Å²) in [6.07, 6.45) is -0.835. The van der Waals surface area contributed by atoms with Gasteiger partial charge in [-0.25, -0.2) is 9.59 Å². The van der Waals surface area contributed by atoms with E-state index in [9.17, 15) is 54.6 Å². The molecule has 0 fully saturated rings. The largest absolute Gasteiger partial charge is 0.480 e. The number of non-ortho nitro benzene ring substituents is 3. The third-order valence-electron chi connectivity index (χ3n) is 7.98. The van der Waals surface area contributed by atoms with Gasteiger partial charge in [-0.15, -0.1) is 0 Å². The number of amides is 1. The Morgan fingerprint density at radius 1 is 0.582 bits per heavy atom. The van der Waals surface area contributed by atoms with Crippen molar-refractivity contribution < 1.29 is 54.0 Å². The molecule has 1 unspecified atom stereocenters. The van der Waals surface area contributed by atoms with Gasteiger partial charge in [0.25, 0.3) is 17.1 Å². The Hall–Kier alpha value is -6.54. The molecular formula is C35H44N6O14. The van der Waals surface area contributed by atoms with Gasteiger partial charge in [0.15, 0.2) is 0 Å². The highest BCUT2D eigenvalue weighted by atomic mass is 16.6. The Morgan fingerprint density at radius 3 is 1.07 bits per heavy atom. The molecule has 3 aromatic rings. The number of carboxylic acids is 3. The van der Waals surface area contributed by atoms with Crippen molar-refractivity contribution in [2.24, 2.45) is 11.5 Å². The van der Waals surface area contributed by atoms with Crippen molar-refractivity contribution in [3.8, 4) is 0 Å². The van der Waals surface area contributed by atoms with E-state index in [1.165, 1.54) is 72.8 Å². The van der Waals surface area contributed by atoms with Crippen molar-refractivity contribution in [2.75, 3.05) is 0 Å². The van der Waals surface area contributed by atoms with Crippen LogP contribution in [0.2, 0.25) is 0 Å². The molecule has 298 valence electrons. The third kappa shape index (κ3) is 15.2. The fourth-order valence-corrected chi connectivity index (χ4v) is 4.57. The number of nitrogens with one attached hydrogen (secondary N) is 1. The smallest absolute Gasteiger partial charge is 0.408 e. The molecule has 3 rings (SSSR count). The van der Waals surface area contributed by atoms with Gasteiger partial charge in [0.2, 0.25) is 0 Å². The van der Waals surface area contributed by atoms with Crippen LogP contribution in [0.5, 0.6) is 0 Å². The zero-order chi connectivity index (χ0) is 42.4. The van der Waals surface area contributed by atoms with E-state index in [1.807, 2.05) is 0 Å². The summed E-state index contributed by atoms with van der Waals surface area (Å²) in [4.78, 5) is 74.4. The van der Waals surface area contributed by atoms with E-state index in [0.29, 0.717) is 16.7 Å². The normalized spacial score (nSPS) is 14.0. The number of ether oxygens (including phenoxy) is 1. The first-order valence-corrected chi connectivity index (χ1v) is 16.3. The van der Waals surface area contributed by atoms with Crippen LogP contribution in [0.3, 0.4) is 0 Å². The zero-order valence-corrected chi connectivity index (χ0v) is 30.7. The molecule has 20 heteroatoms. The van der Waals surface area contributed by atoms with Crippen molar-refractivity contribution in [2.45, 2.75) is 83.0 Å². The Kier molecular flexibility index (Phi) is 17.4. The van der Waals surface area contributed by atoms with E-state index in [-0.39, 0.29) is 17.1 Å². The molecule has 0 heterocycles. The standard InChI is InChI=1S/C15H20N2O6.2C10H12N2O4/c1-9(10-5-7-11(8-6-10)17(21)22)12(13(18)19)16-14(20)23-15(2,3)4;2*1-6(9(11)10(13)14)7-2-4-8(5-3-7)12(15)16/h5-9,12H,1-4H3,(H,16,20)(H,18,19);2*2-6,9H,11H2,1H3,(H,13,14)/t9-,12?;2*6-,9+/m010/s1. The van der Waals surface area contributed by atoms with E-state index in [0.717, 1.165) is 0 Å². The Balaban J connectivity index is 0.000000423. The van der Waals surface area contributed by atoms with Gasteiger partial charge < -0.3 is 36.8 Å². The number of alkyl carbamates (subject to hydrolysis) is 1. The van der Waals surface area contributed by atoms with Crippen LogP contribution < -0.4 is 16.8 Å². The molecule has 3 aromatic carbocycles. The minimum atomic E-state index is -1.22. The van der Waals surface area contributed by atoms with Crippen LogP contribution in [0.25, 0.3) is 0 Å². The second-order valence-corrected chi connectivity index (χ2v) is 13.1. The van der Waals surface area contributed by atoms with E-state index in [4.69, 9.17) is 26.4 Å². The maximum Gasteiger partial charge on any atom is 0.408 e. The zero-order valence-electron chi connectivity index (χ0n) is 30.7. The van der Waals surface area contributed by atoms with Crippen molar-refractivity contribution in [3.63, 3.8) is 0 Å². The highest BCUT2D eigenvalue weighted by molar-refractivity contribution is 5.81. The minimum Gasteiger partial charge on any atom is -0.480 e. The monoisotopic (exact) mass is 772 g/mol. The lowest BCUT2D eigenvalue weighted by atomic mass is 9.93. The van der Waals surface area contributed by atoms with Crippen LogP contribution in [0.15, 0.2) is 72.8 Å². The number of carbonyl (C=O) groups excluding carboxylic acids is 1. The van der Waals surface area contributed by atoms with Crippen molar-refractivity contribution >= 4 is 41.1 Å². The molecule has 0 aliphatic heterocycles. The van der Waals surface area contributed by atoms with Crippen LogP contribution in [0.4, 0.5) is 21.9 Å². The number of carbonyl (C=O) groups is 4. The maximum atomic E-state index is 11.8. The quantitative estimate of drug-likeness (QED) is 0.0993. The number of carboxylic acid groups (broad SMARTS) is 3. The summed E-state index contributed by atoms with van der Waals surface area (Å²) in [6, 6.07) is 13.7. The van der Waals surface area contributed by atoms with Crippen LogP contribution >= 0.6 is 0 Å². The van der Waals surface area contributed by atoms with Crippen LogP contribution in [0, 0.1) is 30.3 Å². The maximum absolute atomic E-state index is 11.8. The second kappa shape index (κ2) is 20.6. The molecular weight excluding hydrogens is 728 g/mol. The van der Waals surface area contributed by atoms with E-state index in [2.05, 4.69) is 5.32 Å². The summed E-state index contributed by atoms with van der Waals surface area (Å²) in [7, 11) is 0. The van der Waals surface area contributed by atoms with Gasteiger partial charge in [-0.3, -0.25) is 39.9 Å². The van der Waals surface area contributed by atoms with Crippen molar-refractivity contribution in [1.29, 1.82) is 0 Å². The SMILES string of the molecule is C[C@@H](c1ccc([N+](=O)[O-])cc1)C(NC(=O)OC(C)(C)C)C(=O)O.C[C@@H](c1ccc([N+](=O)[O-])cc1)[C@@H](N)C(=O)O.C[C@H](c1ccc([N+](=O)[O-])cc1)[C@H](N)C(=O)O. The first-order chi connectivity index (χ1) is 25.4. The summed E-state index contributed by atoms with van der Waals surface area (Å²) in [6.45, 7) is 9.95. The number of aliphatic carboxylic acids is 3. The molecule has 55 heavy (non-hydrogen) atoms. The van der Waals surface area contributed by atoms with Gasteiger partial charge >= 0.3 is 24.0 Å². The number of rotatable bonds is 13. The molecule has 0 aliphatic rings. The summed E-state index contributed by atoms with van der Waals surface area (Å²) in [5, 5.41) is 60.5. The summed E-state index contributed by atoms with van der Waals surface area (Å²) in [5.41, 5.74) is 11.9. The van der Waals surface area contributed by atoms with Crippen molar-refractivity contribution in [1.82, 2.24) is 5.32 Å². The average Bonchev–Trinajstić information content (AvgIpc) is 3.12. The number of hydrogen-bond acceptors (Lipinski definition) is 13. The Morgan fingerprint density at radius 2 is 0.855 bits per heavy atom. The number of nitrogens with zero attached hydrogens (tertiary/aromatic N) is 3. The predicted molar refractivity (Wildman–Crippen MR) is 197 cm³/mol. The van der Waals surface area contributed by atoms with Crippen molar-refractivity contribution in [3.05, 3.63) is 120 Å². The topological polar surface area (TPSA) is 332 Å². The Labute approximate surface area is 314 Å². The van der Waals surface area contributed by atoms with Gasteiger partial charge in [-0.2, -0.15) is 0 Å². The van der Waals surface area contributed by atoms with E-state index >= 15 is 0 Å². The lowest BCUT2D eigenvalue weighted by Crippen LogP contribution is -2.46. The van der Waals surface area contributed by atoms with Gasteiger partial charge in [0.1, 0.15) is 23.7 Å². The fraction of sp³-hybridized carbons (Fsp3) is 0.371. The molecule has 0 aliphatic carbocycles. The summed E-state index contributed by atoms with van der Waals surface area (Å²) < 4.78 is 5.05. The number of benzene rings is 3. The number of nitro groups is 3.